The molecule has 8 heteroatoms. The molecule has 0 radical (unpaired) electrons. The van der Waals surface area contributed by atoms with Crippen LogP contribution in [0.3, 0.4) is 0 Å². The lowest BCUT2D eigenvalue weighted by atomic mass is 9.87. The minimum absolute atomic E-state index is 0.139. The molecule has 0 aliphatic heterocycles. The maximum Gasteiger partial charge on any atom is 0.280 e. The Morgan fingerprint density at radius 3 is 2.67 bits per heavy atom. The summed E-state index contributed by atoms with van der Waals surface area (Å²) in [5, 5.41) is 7.74. The molecule has 30 heavy (non-hydrogen) atoms. The van der Waals surface area contributed by atoms with Crippen LogP contribution in [-0.2, 0) is 6.54 Å². The van der Waals surface area contributed by atoms with Crippen LogP contribution in [0.1, 0.15) is 18.1 Å². The van der Waals surface area contributed by atoms with E-state index in [4.69, 9.17) is 11.1 Å². The number of allylic oxidation sites excluding steroid dienone is 2. The second kappa shape index (κ2) is 7.72. The minimum atomic E-state index is -0.772. The number of benzene rings is 1. The van der Waals surface area contributed by atoms with Gasteiger partial charge < -0.3 is 11.1 Å². The molecule has 6 nitrogen and oxygen atoms in total. The van der Waals surface area contributed by atoms with E-state index in [1.54, 1.807) is 37.3 Å². The Labute approximate surface area is 170 Å². The Bertz CT molecular complexity index is 1250. The quantitative estimate of drug-likeness (QED) is 0.650. The zero-order valence-electron chi connectivity index (χ0n) is 16.1. The number of rotatable bonds is 4. The van der Waals surface area contributed by atoms with Crippen LogP contribution < -0.4 is 11.3 Å². The molecule has 0 saturated heterocycles. The molecule has 0 fully saturated rings. The monoisotopic (exact) mass is 407 g/mol. The van der Waals surface area contributed by atoms with Crippen LogP contribution in [0.25, 0.3) is 16.6 Å². The Morgan fingerprint density at radius 1 is 1.27 bits per heavy atom. The first-order valence-electron chi connectivity index (χ1n) is 9.34. The molecular weight excluding hydrogens is 388 g/mol. The number of hydrogen-bond donors (Lipinski definition) is 2. The highest BCUT2D eigenvalue weighted by Crippen LogP contribution is 2.27. The third-order valence-corrected chi connectivity index (χ3v) is 5.16. The average Bonchev–Trinajstić information content (AvgIpc) is 2.72. The molecule has 1 aliphatic rings. The fraction of sp³-hybridized carbons (Fsp3) is 0.182. The van der Waals surface area contributed by atoms with Gasteiger partial charge in [0, 0.05) is 29.4 Å². The molecule has 0 saturated carbocycles. The molecule has 0 spiro atoms. The molecular formula is C22H19F2N5O. The lowest BCUT2D eigenvalue weighted by molar-refractivity contribution is 0.540. The Balaban J connectivity index is 1.67. The summed E-state index contributed by atoms with van der Waals surface area (Å²) in [6.07, 6.45) is 7.89. The van der Waals surface area contributed by atoms with Crippen LogP contribution in [0.2, 0.25) is 0 Å². The summed E-state index contributed by atoms with van der Waals surface area (Å²) in [5.74, 6) is -1.78. The van der Waals surface area contributed by atoms with Crippen molar-refractivity contribution in [2.45, 2.75) is 19.5 Å². The predicted octanol–water partition coefficient (Wildman–Crippen LogP) is 3.05. The predicted molar refractivity (Wildman–Crippen MR) is 111 cm³/mol. The van der Waals surface area contributed by atoms with Gasteiger partial charge in [-0.05, 0) is 42.3 Å². The summed E-state index contributed by atoms with van der Waals surface area (Å²) in [6, 6.07) is 5.30. The normalized spacial score (nSPS) is 18.5. The van der Waals surface area contributed by atoms with Gasteiger partial charge in [0.1, 0.15) is 11.6 Å². The van der Waals surface area contributed by atoms with Gasteiger partial charge in [0.25, 0.3) is 5.56 Å². The van der Waals surface area contributed by atoms with Gasteiger partial charge in [-0.15, -0.1) is 0 Å². The molecule has 3 aromatic rings. The smallest absolute Gasteiger partial charge is 0.280 e. The van der Waals surface area contributed by atoms with Gasteiger partial charge in [-0.2, -0.15) is 0 Å². The number of nitrogens with one attached hydrogen (secondary N) is 1. The van der Waals surface area contributed by atoms with E-state index >= 15 is 0 Å². The van der Waals surface area contributed by atoms with Crippen LogP contribution >= 0.6 is 0 Å². The van der Waals surface area contributed by atoms with Crippen molar-refractivity contribution in [2.24, 2.45) is 11.7 Å². The van der Waals surface area contributed by atoms with Gasteiger partial charge in [0.05, 0.1) is 18.4 Å². The van der Waals surface area contributed by atoms with E-state index in [-0.39, 0.29) is 23.5 Å². The van der Waals surface area contributed by atoms with Crippen LogP contribution in [0, 0.1) is 23.0 Å². The van der Waals surface area contributed by atoms with Crippen molar-refractivity contribution in [3.8, 4) is 0 Å². The summed E-state index contributed by atoms with van der Waals surface area (Å²) in [6.45, 7) is 1.36. The van der Waals surface area contributed by atoms with Gasteiger partial charge in [-0.25, -0.2) is 18.7 Å². The van der Waals surface area contributed by atoms with E-state index in [9.17, 15) is 13.6 Å². The molecule has 2 unspecified atom stereocenters. The summed E-state index contributed by atoms with van der Waals surface area (Å²) < 4.78 is 30.7. The molecule has 1 aliphatic carbocycles. The van der Waals surface area contributed by atoms with Crippen molar-refractivity contribution in [3.05, 3.63) is 88.1 Å². The second-order valence-electron chi connectivity index (χ2n) is 7.23. The van der Waals surface area contributed by atoms with Gasteiger partial charge in [-0.1, -0.05) is 18.2 Å². The van der Waals surface area contributed by atoms with Crippen molar-refractivity contribution in [3.63, 3.8) is 0 Å². The molecule has 152 valence electrons. The molecule has 2 aromatic heterocycles. The fourth-order valence-corrected chi connectivity index (χ4v) is 3.52. The van der Waals surface area contributed by atoms with Gasteiger partial charge >= 0.3 is 0 Å². The minimum Gasteiger partial charge on any atom is -0.324 e. The third-order valence-electron chi connectivity index (χ3n) is 5.16. The Kier molecular flexibility index (Phi) is 5.09. The molecule has 0 bridgehead atoms. The third kappa shape index (κ3) is 3.57. The van der Waals surface area contributed by atoms with Gasteiger partial charge in [0.15, 0.2) is 5.52 Å². The molecule has 1 aromatic carbocycles. The first kappa shape index (κ1) is 19.8. The first-order valence-corrected chi connectivity index (χ1v) is 9.34. The molecule has 0 amide bonds. The van der Waals surface area contributed by atoms with E-state index in [1.165, 1.54) is 24.7 Å². The van der Waals surface area contributed by atoms with E-state index < -0.39 is 23.2 Å². The average molecular weight is 407 g/mol. The largest absolute Gasteiger partial charge is 0.324 e. The summed E-state index contributed by atoms with van der Waals surface area (Å²) in [7, 11) is 0. The van der Waals surface area contributed by atoms with E-state index in [0.717, 1.165) is 4.57 Å². The number of hydrogen-bond acceptors (Lipinski definition) is 5. The lowest BCUT2D eigenvalue weighted by Gasteiger charge is -2.22. The fourth-order valence-electron chi connectivity index (χ4n) is 3.52. The topological polar surface area (TPSA) is 97.6 Å². The number of halogens is 2. The Hall–Kier alpha value is -3.52. The number of pyridine rings is 1. The maximum absolute atomic E-state index is 14.8. The highest BCUT2D eigenvalue weighted by Gasteiger charge is 2.21. The van der Waals surface area contributed by atoms with Crippen LogP contribution in [-0.4, -0.2) is 26.3 Å². The van der Waals surface area contributed by atoms with Crippen molar-refractivity contribution >= 4 is 22.3 Å². The zero-order chi connectivity index (χ0) is 21.4. The SMILES string of the molecule is CC(=N)C1C=CC(c2cc(F)c(Cn3cnc4cccnc4c3=O)c(F)c2)=CC1N. The second-order valence-corrected chi connectivity index (χ2v) is 7.23. The van der Waals surface area contributed by atoms with Crippen molar-refractivity contribution < 1.29 is 8.78 Å². The zero-order valence-corrected chi connectivity index (χ0v) is 16.1. The van der Waals surface area contributed by atoms with E-state index in [1.807, 2.05) is 0 Å². The standard InChI is InChI=1S/C22H19F2N5O/c1-12(25)15-5-4-13(9-19(15)26)14-7-17(23)16(18(24)8-14)10-29-11-28-20-3-2-6-27-21(20)22(29)30/h2-9,11,15,19,25H,10,26H2,1H3. The number of fused-ring (bicyclic) bond motifs is 1. The molecule has 2 heterocycles. The molecule has 4 rings (SSSR count). The molecule has 2 atom stereocenters. The van der Waals surface area contributed by atoms with E-state index in [2.05, 4.69) is 9.97 Å². The van der Waals surface area contributed by atoms with Crippen molar-refractivity contribution in [1.82, 2.24) is 14.5 Å². The van der Waals surface area contributed by atoms with E-state index in [0.29, 0.717) is 22.4 Å². The van der Waals surface area contributed by atoms with Crippen LogP contribution in [0.15, 0.2) is 59.8 Å². The number of aromatic nitrogens is 3. The molecule has 3 N–H and O–H groups in total. The van der Waals surface area contributed by atoms with Crippen molar-refractivity contribution in [2.75, 3.05) is 0 Å². The Morgan fingerprint density at radius 2 is 2.00 bits per heavy atom. The van der Waals surface area contributed by atoms with Crippen LogP contribution in [0.5, 0.6) is 0 Å². The number of nitrogens with zero attached hydrogens (tertiary/aromatic N) is 3. The van der Waals surface area contributed by atoms with Gasteiger partial charge in [-0.3, -0.25) is 9.36 Å². The first-order chi connectivity index (χ1) is 14.3. The lowest BCUT2D eigenvalue weighted by Crippen LogP contribution is -2.32. The van der Waals surface area contributed by atoms with Crippen LogP contribution in [0.4, 0.5) is 8.78 Å². The van der Waals surface area contributed by atoms with Gasteiger partial charge in [0.2, 0.25) is 0 Å². The maximum atomic E-state index is 14.8. The summed E-state index contributed by atoms with van der Waals surface area (Å²) in [4.78, 5) is 20.7. The van der Waals surface area contributed by atoms with Crippen molar-refractivity contribution in [1.29, 1.82) is 5.41 Å². The summed E-state index contributed by atoms with van der Waals surface area (Å²) in [5.41, 5.74) is 7.26. The highest BCUT2D eigenvalue weighted by molar-refractivity contribution is 5.87. The number of nitrogens with two attached hydrogens (primary N) is 1. The summed E-state index contributed by atoms with van der Waals surface area (Å²) >= 11 is 0. The highest BCUT2D eigenvalue weighted by atomic mass is 19.1.